The Balaban J connectivity index is 1.83. The quantitative estimate of drug-likeness (QED) is 0.338. The fraction of sp³-hybridized carbons (Fsp3) is 0.136. The van der Waals surface area contributed by atoms with Crippen molar-refractivity contribution in [3.63, 3.8) is 0 Å². The van der Waals surface area contributed by atoms with E-state index in [1.165, 1.54) is 19.2 Å². The number of hydrogen-bond donors (Lipinski definition) is 1. The van der Waals surface area contributed by atoms with Crippen molar-refractivity contribution in [1.29, 1.82) is 0 Å². The molecule has 0 aliphatic rings. The second-order valence-corrected chi connectivity index (χ2v) is 6.79. The molecule has 29 heavy (non-hydrogen) atoms. The molecule has 0 aliphatic carbocycles. The van der Waals surface area contributed by atoms with Crippen molar-refractivity contribution in [2.24, 2.45) is 0 Å². The summed E-state index contributed by atoms with van der Waals surface area (Å²) in [5.74, 6) is 0.362. The molecule has 0 spiro atoms. The first-order chi connectivity index (χ1) is 14.1. The maximum Gasteiger partial charge on any atom is 0.273 e. The first-order valence-electron chi connectivity index (χ1n) is 9.03. The second-order valence-electron chi connectivity index (χ2n) is 6.40. The van der Waals surface area contributed by atoms with Crippen LogP contribution in [0.5, 0.6) is 5.75 Å². The molecular weight excluding hydrogens is 386 g/mol. The summed E-state index contributed by atoms with van der Waals surface area (Å²) in [6, 6.07) is 24.5. The number of nitrogens with zero attached hydrogens (tertiary/aromatic N) is 2. The molecule has 0 fully saturated rings. The Morgan fingerprint density at radius 1 is 1.00 bits per heavy atom. The summed E-state index contributed by atoms with van der Waals surface area (Å²) in [4.78, 5) is 12.6. The van der Waals surface area contributed by atoms with Crippen molar-refractivity contribution in [1.82, 2.24) is 4.90 Å². The number of nitrogens with one attached hydrogen (secondary N) is 1. The van der Waals surface area contributed by atoms with Crippen LogP contribution in [0.2, 0.25) is 0 Å². The van der Waals surface area contributed by atoms with E-state index in [-0.39, 0.29) is 5.69 Å². The van der Waals surface area contributed by atoms with Gasteiger partial charge in [0.25, 0.3) is 5.69 Å². The molecule has 6 nitrogen and oxygen atoms in total. The third kappa shape index (κ3) is 5.52. The average Bonchev–Trinajstić information content (AvgIpc) is 2.75. The molecule has 1 N–H and O–H groups in total. The van der Waals surface area contributed by atoms with Gasteiger partial charge in [-0.25, -0.2) is 0 Å². The van der Waals surface area contributed by atoms with E-state index < -0.39 is 4.92 Å². The van der Waals surface area contributed by atoms with Crippen LogP contribution in [-0.4, -0.2) is 22.0 Å². The maximum absolute atomic E-state index is 11.0. The smallest absolute Gasteiger partial charge is 0.273 e. The van der Waals surface area contributed by atoms with Crippen molar-refractivity contribution < 1.29 is 9.66 Å². The van der Waals surface area contributed by atoms with Gasteiger partial charge < -0.3 is 15.0 Å². The van der Waals surface area contributed by atoms with Crippen LogP contribution in [0, 0.1) is 10.1 Å². The molecule has 3 aromatic carbocycles. The zero-order valence-corrected chi connectivity index (χ0v) is 16.8. The predicted octanol–water partition coefficient (Wildman–Crippen LogP) is 5.00. The molecule has 0 radical (unpaired) electrons. The van der Waals surface area contributed by atoms with Gasteiger partial charge in [-0.15, -0.1) is 0 Å². The fourth-order valence-corrected chi connectivity index (χ4v) is 3.14. The number of rotatable bonds is 7. The summed E-state index contributed by atoms with van der Waals surface area (Å²) < 4.78 is 5.31. The number of hydrogen-bond acceptors (Lipinski definition) is 4. The molecule has 0 heterocycles. The average molecular weight is 407 g/mol. The summed E-state index contributed by atoms with van der Waals surface area (Å²) in [5, 5.41) is 14.7. The van der Waals surface area contributed by atoms with Gasteiger partial charge >= 0.3 is 0 Å². The van der Waals surface area contributed by atoms with E-state index in [1.54, 1.807) is 6.07 Å². The predicted molar refractivity (Wildman–Crippen MR) is 118 cm³/mol. The van der Waals surface area contributed by atoms with Crippen LogP contribution < -0.4 is 10.1 Å². The van der Waals surface area contributed by atoms with Gasteiger partial charge in [0.05, 0.1) is 23.8 Å². The SMILES string of the molecule is COc1cc([N+](=O)[O-])ccc1NC(=S)N(Cc1ccccc1)Cc1ccccc1. The van der Waals surface area contributed by atoms with Crippen LogP contribution in [0.3, 0.4) is 0 Å². The van der Waals surface area contributed by atoms with Crippen molar-refractivity contribution in [2.45, 2.75) is 13.1 Å². The Labute approximate surface area is 174 Å². The molecule has 0 aliphatic heterocycles. The Kier molecular flexibility index (Phi) is 6.76. The molecule has 0 unspecified atom stereocenters. The number of anilines is 1. The molecule has 0 bridgehead atoms. The van der Waals surface area contributed by atoms with Gasteiger partial charge in [-0.1, -0.05) is 60.7 Å². The second kappa shape index (κ2) is 9.66. The molecule has 0 saturated heterocycles. The first-order valence-corrected chi connectivity index (χ1v) is 9.44. The van der Waals surface area contributed by atoms with Gasteiger partial charge in [0.15, 0.2) is 5.11 Å². The maximum atomic E-state index is 11.0. The minimum atomic E-state index is -0.457. The Morgan fingerprint density at radius 2 is 1.55 bits per heavy atom. The molecule has 3 rings (SSSR count). The molecule has 3 aromatic rings. The highest BCUT2D eigenvalue weighted by Gasteiger charge is 2.16. The van der Waals surface area contributed by atoms with Gasteiger partial charge in [-0.3, -0.25) is 10.1 Å². The zero-order valence-electron chi connectivity index (χ0n) is 15.9. The van der Waals surface area contributed by atoms with Crippen LogP contribution >= 0.6 is 12.2 Å². The number of non-ortho nitro benzene ring substituents is 1. The molecular formula is C22H21N3O3S. The molecule has 7 heteroatoms. The first kappa shape index (κ1) is 20.3. The van der Waals surface area contributed by atoms with Gasteiger partial charge in [0.1, 0.15) is 5.75 Å². The van der Waals surface area contributed by atoms with E-state index in [0.29, 0.717) is 29.6 Å². The number of ether oxygens (including phenoxy) is 1. The van der Waals surface area contributed by atoms with E-state index in [1.807, 2.05) is 65.6 Å². The van der Waals surface area contributed by atoms with E-state index in [0.717, 1.165) is 11.1 Å². The number of thiocarbonyl (C=S) groups is 1. The summed E-state index contributed by atoms with van der Waals surface area (Å²) in [7, 11) is 1.47. The summed E-state index contributed by atoms with van der Waals surface area (Å²) in [6.07, 6.45) is 0. The topological polar surface area (TPSA) is 67.6 Å². The van der Waals surface area contributed by atoms with Crippen LogP contribution in [0.4, 0.5) is 11.4 Å². The van der Waals surface area contributed by atoms with Crippen molar-refractivity contribution >= 4 is 28.7 Å². The Hall–Kier alpha value is -3.45. The Morgan fingerprint density at radius 3 is 2.03 bits per heavy atom. The lowest BCUT2D eigenvalue weighted by Crippen LogP contribution is -2.34. The minimum Gasteiger partial charge on any atom is -0.494 e. The molecule has 0 atom stereocenters. The molecule has 0 aromatic heterocycles. The normalized spacial score (nSPS) is 10.2. The van der Waals surface area contributed by atoms with Crippen LogP contribution in [0.25, 0.3) is 0 Å². The van der Waals surface area contributed by atoms with Crippen LogP contribution in [-0.2, 0) is 13.1 Å². The van der Waals surface area contributed by atoms with Gasteiger partial charge in [0.2, 0.25) is 0 Å². The van der Waals surface area contributed by atoms with Gasteiger partial charge in [0, 0.05) is 19.2 Å². The number of nitro benzene ring substituents is 1. The summed E-state index contributed by atoms with van der Waals surface area (Å²) in [6.45, 7) is 1.24. The third-order valence-corrected chi connectivity index (χ3v) is 4.72. The van der Waals surface area contributed by atoms with Crippen molar-refractivity contribution in [2.75, 3.05) is 12.4 Å². The monoisotopic (exact) mass is 407 g/mol. The van der Waals surface area contributed by atoms with Gasteiger partial charge in [-0.2, -0.15) is 0 Å². The van der Waals surface area contributed by atoms with Crippen LogP contribution in [0.15, 0.2) is 78.9 Å². The number of benzene rings is 3. The standard InChI is InChI=1S/C22H21N3O3S/c1-28-21-14-19(25(26)27)12-13-20(21)23-22(29)24(15-17-8-4-2-5-9-17)16-18-10-6-3-7-11-18/h2-14H,15-16H2,1H3,(H,23,29). The highest BCUT2D eigenvalue weighted by Crippen LogP contribution is 2.29. The molecule has 0 amide bonds. The molecule has 148 valence electrons. The number of nitro groups is 1. The van der Waals surface area contributed by atoms with E-state index in [4.69, 9.17) is 17.0 Å². The highest BCUT2D eigenvalue weighted by molar-refractivity contribution is 7.80. The molecule has 0 saturated carbocycles. The van der Waals surface area contributed by atoms with Crippen LogP contribution in [0.1, 0.15) is 11.1 Å². The van der Waals surface area contributed by atoms with E-state index >= 15 is 0 Å². The van der Waals surface area contributed by atoms with Crippen molar-refractivity contribution in [3.05, 3.63) is 100 Å². The fourth-order valence-electron chi connectivity index (χ4n) is 2.90. The zero-order chi connectivity index (χ0) is 20.6. The minimum absolute atomic E-state index is 0.0382. The number of methoxy groups -OCH3 is 1. The van der Waals surface area contributed by atoms with Crippen molar-refractivity contribution in [3.8, 4) is 5.75 Å². The van der Waals surface area contributed by atoms with Gasteiger partial charge in [-0.05, 0) is 29.4 Å². The van der Waals surface area contributed by atoms with E-state index in [9.17, 15) is 10.1 Å². The largest absolute Gasteiger partial charge is 0.494 e. The summed E-state index contributed by atoms with van der Waals surface area (Å²) in [5.41, 5.74) is 2.80. The lowest BCUT2D eigenvalue weighted by Gasteiger charge is -2.26. The lowest BCUT2D eigenvalue weighted by molar-refractivity contribution is -0.384. The highest BCUT2D eigenvalue weighted by atomic mass is 32.1. The lowest BCUT2D eigenvalue weighted by atomic mass is 10.2. The Bertz CT molecular complexity index is 940. The van der Waals surface area contributed by atoms with E-state index in [2.05, 4.69) is 5.32 Å². The third-order valence-electron chi connectivity index (χ3n) is 4.36. The summed E-state index contributed by atoms with van der Waals surface area (Å²) >= 11 is 5.67.